The summed E-state index contributed by atoms with van der Waals surface area (Å²) in [4.78, 5) is 0. The van der Waals surface area contributed by atoms with Gasteiger partial charge in [0.1, 0.15) is 0 Å². The third-order valence-corrected chi connectivity index (χ3v) is 3.68. The Bertz CT molecular complexity index is 283. The van der Waals surface area contributed by atoms with Crippen LogP contribution in [0.1, 0.15) is 50.2 Å². The molecule has 0 aromatic heterocycles. The summed E-state index contributed by atoms with van der Waals surface area (Å²) >= 11 is 0. The summed E-state index contributed by atoms with van der Waals surface area (Å²) in [5, 5.41) is 0. The van der Waals surface area contributed by atoms with Crippen LogP contribution in [0.15, 0.2) is 24.3 Å². The van der Waals surface area contributed by atoms with Crippen LogP contribution in [0.4, 0.5) is 0 Å². The number of benzene rings is 1. The van der Waals surface area contributed by atoms with Crippen molar-refractivity contribution in [1.29, 1.82) is 0 Å². The van der Waals surface area contributed by atoms with Gasteiger partial charge in [0, 0.05) is 0 Å². The van der Waals surface area contributed by atoms with E-state index in [1.807, 2.05) is 0 Å². The molecule has 0 amide bonds. The van der Waals surface area contributed by atoms with E-state index in [4.69, 9.17) is 0 Å². The van der Waals surface area contributed by atoms with Crippen LogP contribution < -0.4 is 0 Å². The first-order valence-electron chi connectivity index (χ1n) is 5.90. The third-order valence-electron chi connectivity index (χ3n) is 3.68. The zero-order chi connectivity index (χ0) is 9.97. The minimum Gasteiger partial charge on any atom is -0.0619 e. The van der Waals surface area contributed by atoms with Crippen LogP contribution >= 0.6 is 0 Å². The molecular formula is C14H20. The summed E-state index contributed by atoms with van der Waals surface area (Å²) in [6.45, 7) is 4.61. The van der Waals surface area contributed by atoms with Crippen molar-refractivity contribution in [1.82, 2.24) is 0 Å². The van der Waals surface area contributed by atoms with E-state index >= 15 is 0 Å². The molecule has 1 fully saturated rings. The van der Waals surface area contributed by atoms with Crippen LogP contribution in [0, 0.1) is 5.92 Å². The second-order valence-corrected chi connectivity index (χ2v) is 4.61. The first-order chi connectivity index (χ1) is 6.81. The molecular weight excluding hydrogens is 168 g/mol. The lowest BCUT2D eigenvalue weighted by molar-refractivity contribution is 0.533. The van der Waals surface area contributed by atoms with Crippen molar-refractivity contribution in [2.75, 3.05) is 0 Å². The summed E-state index contributed by atoms with van der Waals surface area (Å²) < 4.78 is 0. The Kier molecular flexibility index (Phi) is 2.90. The van der Waals surface area contributed by atoms with Gasteiger partial charge in [0.2, 0.25) is 0 Å². The van der Waals surface area contributed by atoms with Crippen LogP contribution in [0.25, 0.3) is 0 Å². The summed E-state index contributed by atoms with van der Waals surface area (Å²) in [6.07, 6.45) is 5.38. The molecule has 1 saturated carbocycles. The Balaban J connectivity index is 2.16. The molecule has 0 heteroatoms. The molecule has 0 aliphatic heterocycles. The predicted octanol–water partition coefficient (Wildman–Crippen LogP) is 4.15. The van der Waals surface area contributed by atoms with Crippen LogP contribution in [-0.2, 0) is 6.42 Å². The van der Waals surface area contributed by atoms with Gasteiger partial charge in [-0.3, -0.25) is 0 Å². The van der Waals surface area contributed by atoms with Crippen molar-refractivity contribution in [3.63, 3.8) is 0 Å². The van der Waals surface area contributed by atoms with Crippen molar-refractivity contribution in [3.05, 3.63) is 35.4 Å². The normalized spacial score (nSPS) is 26.7. The van der Waals surface area contributed by atoms with Gasteiger partial charge in [0.25, 0.3) is 0 Å². The van der Waals surface area contributed by atoms with Crippen molar-refractivity contribution in [2.45, 2.75) is 45.4 Å². The minimum absolute atomic E-state index is 0.834. The van der Waals surface area contributed by atoms with Gasteiger partial charge in [0.05, 0.1) is 0 Å². The highest BCUT2D eigenvalue weighted by Gasteiger charge is 2.24. The summed E-state index contributed by atoms with van der Waals surface area (Å²) in [5.74, 6) is 1.73. The van der Waals surface area contributed by atoms with Crippen molar-refractivity contribution < 1.29 is 0 Å². The van der Waals surface area contributed by atoms with E-state index < -0.39 is 0 Å². The summed E-state index contributed by atoms with van der Waals surface area (Å²) in [5.41, 5.74) is 3.02. The highest BCUT2D eigenvalue weighted by Crippen LogP contribution is 2.39. The maximum absolute atomic E-state index is 2.39. The molecule has 2 atom stereocenters. The van der Waals surface area contributed by atoms with Crippen molar-refractivity contribution in [3.8, 4) is 0 Å². The molecule has 1 aromatic carbocycles. The lowest BCUT2D eigenvalue weighted by atomic mass is 9.90. The van der Waals surface area contributed by atoms with E-state index in [0.717, 1.165) is 18.3 Å². The molecule has 76 valence electrons. The van der Waals surface area contributed by atoms with Crippen molar-refractivity contribution >= 4 is 0 Å². The van der Waals surface area contributed by atoms with Gasteiger partial charge >= 0.3 is 0 Å². The van der Waals surface area contributed by atoms with E-state index in [2.05, 4.69) is 38.1 Å². The van der Waals surface area contributed by atoms with Crippen LogP contribution in [0.2, 0.25) is 0 Å². The first-order valence-corrected chi connectivity index (χ1v) is 5.90. The number of rotatable bonds is 2. The number of aryl methyl sites for hydroxylation is 1. The second kappa shape index (κ2) is 4.16. The van der Waals surface area contributed by atoms with Gasteiger partial charge < -0.3 is 0 Å². The number of hydrogen-bond acceptors (Lipinski definition) is 0. The van der Waals surface area contributed by atoms with E-state index in [-0.39, 0.29) is 0 Å². The maximum Gasteiger partial charge on any atom is -0.0136 e. The van der Waals surface area contributed by atoms with Gasteiger partial charge in [-0.1, -0.05) is 51.0 Å². The Labute approximate surface area is 87.3 Å². The van der Waals surface area contributed by atoms with Gasteiger partial charge in [-0.15, -0.1) is 0 Å². The molecule has 0 radical (unpaired) electrons. The summed E-state index contributed by atoms with van der Waals surface area (Å²) in [7, 11) is 0. The smallest absolute Gasteiger partial charge is 0.0136 e. The fourth-order valence-corrected chi connectivity index (χ4v) is 2.64. The van der Waals surface area contributed by atoms with E-state index in [1.54, 1.807) is 5.56 Å². The predicted molar refractivity (Wildman–Crippen MR) is 61.6 cm³/mol. The highest BCUT2D eigenvalue weighted by molar-refractivity contribution is 5.26. The Morgan fingerprint density at radius 1 is 1.14 bits per heavy atom. The average Bonchev–Trinajstić information content (AvgIpc) is 2.65. The Morgan fingerprint density at radius 2 is 1.86 bits per heavy atom. The molecule has 0 saturated heterocycles. The van der Waals surface area contributed by atoms with Crippen molar-refractivity contribution in [2.24, 2.45) is 5.92 Å². The monoisotopic (exact) mass is 188 g/mol. The molecule has 0 unspecified atom stereocenters. The van der Waals surface area contributed by atoms with Crippen LogP contribution in [0.5, 0.6) is 0 Å². The third kappa shape index (κ3) is 1.84. The lowest BCUT2D eigenvalue weighted by Gasteiger charge is -2.15. The minimum atomic E-state index is 0.834. The van der Waals surface area contributed by atoms with Gasteiger partial charge in [-0.2, -0.15) is 0 Å². The Hall–Kier alpha value is -0.780. The standard InChI is InChI=1S/C14H20/c1-3-12-7-9-13(10-8-12)14-6-4-5-11(14)2/h7-11,14H,3-6H2,1-2H3/t11-,14+/m1/s1. The van der Waals surface area contributed by atoms with E-state index in [0.29, 0.717) is 0 Å². The molecule has 1 aliphatic rings. The molecule has 0 heterocycles. The topological polar surface area (TPSA) is 0 Å². The highest BCUT2D eigenvalue weighted by atomic mass is 14.3. The van der Waals surface area contributed by atoms with E-state index in [9.17, 15) is 0 Å². The molecule has 0 nitrogen and oxygen atoms in total. The molecule has 1 aliphatic carbocycles. The second-order valence-electron chi connectivity index (χ2n) is 4.61. The molecule has 0 bridgehead atoms. The SMILES string of the molecule is CCc1ccc([C@H]2CCC[C@H]2C)cc1. The molecule has 0 spiro atoms. The Morgan fingerprint density at radius 3 is 2.36 bits per heavy atom. The van der Waals surface area contributed by atoms with Crippen LogP contribution in [0.3, 0.4) is 0 Å². The molecule has 0 N–H and O–H groups in total. The zero-order valence-corrected chi connectivity index (χ0v) is 9.29. The largest absolute Gasteiger partial charge is 0.0619 e. The maximum atomic E-state index is 2.39. The lowest BCUT2D eigenvalue weighted by Crippen LogP contribution is -2.01. The van der Waals surface area contributed by atoms with Gasteiger partial charge in [0.15, 0.2) is 0 Å². The molecule has 1 aromatic rings. The van der Waals surface area contributed by atoms with Crippen LogP contribution in [-0.4, -0.2) is 0 Å². The molecule has 2 rings (SSSR count). The molecule has 14 heavy (non-hydrogen) atoms. The zero-order valence-electron chi connectivity index (χ0n) is 9.29. The fraction of sp³-hybridized carbons (Fsp3) is 0.571. The van der Waals surface area contributed by atoms with E-state index in [1.165, 1.54) is 24.8 Å². The fourth-order valence-electron chi connectivity index (χ4n) is 2.64. The van der Waals surface area contributed by atoms with Gasteiger partial charge in [-0.25, -0.2) is 0 Å². The first kappa shape index (κ1) is 9.76. The average molecular weight is 188 g/mol. The van der Waals surface area contributed by atoms with Gasteiger partial charge in [-0.05, 0) is 35.8 Å². The quantitative estimate of drug-likeness (QED) is 0.654. The number of hydrogen-bond donors (Lipinski definition) is 0. The summed E-state index contributed by atoms with van der Waals surface area (Å²) in [6, 6.07) is 9.26.